The van der Waals surface area contributed by atoms with Gasteiger partial charge in [-0.15, -0.1) is 0 Å². The van der Waals surface area contributed by atoms with Crippen molar-refractivity contribution < 1.29 is 9.18 Å². The molecule has 0 spiro atoms. The number of nitrogens with zero attached hydrogens (tertiary/aromatic N) is 3. The number of piperidine rings is 1. The number of hydrogen-bond donors (Lipinski definition) is 1. The summed E-state index contributed by atoms with van der Waals surface area (Å²) < 4.78 is 13.6. The monoisotopic (exact) mass is 328 g/mol. The number of likely N-dealkylation sites (tertiary alicyclic amines) is 1. The van der Waals surface area contributed by atoms with Crippen LogP contribution in [0.5, 0.6) is 0 Å². The number of halogens is 1. The van der Waals surface area contributed by atoms with Crippen LogP contribution in [-0.2, 0) is 6.54 Å². The molecule has 6 heteroatoms. The third-order valence-corrected chi connectivity index (χ3v) is 4.24. The van der Waals surface area contributed by atoms with E-state index in [-0.39, 0.29) is 11.7 Å². The molecule has 1 aromatic carbocycles. The number of anilines is 1. The summed E-state index contributed by atoms with van der Waals surface area (Å²) in [5, 5.41) is 2.97. The fourth-order valence-electron chi connectivity index (χ4n) is 2.90. The molecule has 1 aromatic heterocycles. The van der Waals surface area contributed by atoms with Gasteiger partial charge in [0.15, 0.2) is 0 Å². The van der Waals surface area contributed by atoms with Crippen molar-refractivity contribution in [3.05, 3.63) is 53.6 Å². The molecule has 1 fully saturated rings. The van der Waals surface area contributed by atoms with Gasteiger partial charge in [-0.2, -0.15) is 0 Å². The van der Waals surface area contributed by atoms with Gasteiger partial charge in [-0.25, -0.2) is 14.4 Å². The second kappa shape index (κ2) is 7.38. The van der Waals surface area contributed by atoms with Gasteiger partial charge in [-0.05, 0) is 24.8 Å². The summed E-state index contributed by atoms with van der Waals surface area (Å²) in [6.07, 6.45) is 5.26. The van der Waals surface area contributed by atoms with Crippen molar-refractivity contribution in [2.45, 2.75) is 26.3 Å². The van der Waals surface area contributed by atoms with Gasteiger partial charge in [0.1, 0.15) is 5.82 Å². The molecule has 0 saturated carbocycles. The number of rotatable bonds is 4. The first kappa shape index (κ1) is 16.4. The number of benzene rings is 1. The van der Waals surface area contributed by atoms with E-state index in [1.807, 2.05) is 4.90 Å². The first-order valence-electron chi connectivity index (χ1n) is 8.22. The summed E-state index contributed by atoms with van der Waals surface area (Å²) in [6.45, 7) is 4.03. The Morgan fingerprint density at radius 3 is 2.79 bits per heavy atom. The lowest BCUT2D eigenvalue weighted by Gasteiger charge is -2.30. The van der Waals surface area contributed by atoms with Crippen LogP contribution in [0.4, 0.5) is 10.3 Å². The summed E-state index contributed by atoms with van der Waals surface area (Å²) in [7, 11) is 0. The normalized spacial score (nSPS) is 17.6. The Kier molecular flexibility index (Phi) is 5.03. The minimum absolute atomic E-state index is 0.0257. The van der Waals surface area contributed by atoms with Crippen molar-refractivity contribution in [3.63, 3.8) is 0 Å². The third kappa shape index (κ3) is 3.88. The van der Waals surface area contributed by atoms with Crippen molar-refractivity contribution in [1.82, 2.24) is 14.9 Å². The fraction of sp³-hybridized carbons (Fsp3) is 0.389. The molecular formula is C18H21FN4O. The number of hydrogen-bond acceptors (Lipinski definition) is 4. The van der Waals surface area contributed by atoms with Gasteiger partial charge in [-0.3, -0.25) is 4.79 Å². The highest BCUT2D eigenvalue weighted by molar-refractivity contribution is 5.93. The van der Waals surface area contributed by atoms with Crippen molar-refractivity contribution in [1.29, 1.82) is 0 Å². The number of amides is 1. The van der Waals surface area contributed by atoms with Crippen LogP contribution in [0.15, 0.2) is 36.7 Å². The van der Waals surface area contributed by atoms with Gasteiger partial charge in [-0.1, -0.05) is 25.1 Å². The summed E-state index contributed by atoms with van der Waals surface area (Å²) in [4.78, 5) is 22.6. The van der Waals surface area contributed by atoms with Crippen molar-refractivity contribution in [2.24, 2.45) is 5.92 Å². The van der Waals surface area contributed by atoms with Gasteiger partial charge in [0.2, 0.25) is 5.95 Å². The second-order valence-corrected chi connectivity index (χ2v) is 6.24. The van der Waals surface area contributed by atoms with Crippen LogP contribution >= 0.6 is 0 Å². The number of aromatic nitrogens is 2. The molecule has 0 aliphatic carbocycles. The maximum absolute atomic E-state index is 13.6. The molecule has 1 unspecified atom stereocenters. The summed E-state index contributed by atoms with van der Waals surface area (Å²) >= 11 is 0. The zero-order valence-electron chi connectivity index (χ0n) is 13.7. The van der Waals surface area contributed by atoms with E-state index >= 15 is 0 Å². The Hall–Kier alpha value is -2.50. The van der Waals surface area contributed by atoms with E-state index in [9.17, 15) is 9.18 Å². The van der Waals surface area contributed by atoms with Crippen LogP contribution in [0.2, 0.25) is 0 Å². The van der Waals surface area contributed by atoms with E-state index in [1.165, 1.54) is 24.9 Å². The van der Waals surface area contributed by atoms with Crippen LogP contribution in [0.3, 0.4) is 0 Å². The van der Waals surface area contributed by atoms with Crippen molar-refractivity contribution >= 4 is 11.9 Å². The minimum Gasteiger partial charge on any atom is -0.350 e. The number of carbonyl (C=O) groups is 1. The summed E-state index contributed by atoms with van der Waals surface area (Å²) in [5.74, 6) is 0.616. The molecule has 0 bridgehead atoms. The maximum Gasteiger partial charge on any atom is 0.257 e. The van der Waals surface area contributed by atoms with Crippen LogP contribution in [0.1, 0.15) is 35.7 Å². The molecule has 1 amide bonds. The highest BCUT2D eigenvalue weighted by Gasteiger charge is 2.22. The van der Waals surface area contributed by atoms with Gasteiger partial charge in [0.05, 0.1) is 5.56 Å². The van der Waals surface area contributed by atoms with E-state index in [0.717, 1.165) is 19.5 Å². The molecule has 0 radical (unpaired) electrons. The number of nitrogens with one attached hydrogen (secondary N) is 1. The zero-order chi connectivity index (χ0) is 16.9. The first-order valence-corrected chi connectivity index (χ1v) is 8.22. The predicted octanol–water partition coefficient (Wildman–Crippen LogP) is 3.10. The van der Waals surface area contributed by atoms with E-state index in [4.69, 9.17) is 0 Å². The SMILES string of the molecule is CC1CCCN(C(=O)c2cnc(NCc3ccccc3F)nc2)C1. The molecule has 126 valence electrons. The molecule has 24 heavy (non-hydrogen) atoms. The molecule has 1 aliphatic heterocycles. The zero-order valence-corrected chi connectivity index (χ0v) is 13.7. The first-order chi connectivity index (χ1) is 11.6. The Morgan fingerprint density at radius 1 is 1.33 bits per heavy atom. The minimum atomic E-state index is -0.268. The van der Waals surface area contributed by atoms with Crippen LogP contribution in [0.25, 0.3) is 0 Å². The van der Waals surface area contributed by atoms with Gasteiger partial charge in [0.25, 0.3) is 5.91 Å². The molecule has 1 aliphatic rings. The lowest BCUT2D eigenvalue weighted by atomic mass is 10.00. The molecule has 1 saturated heterocycles. The summed E-state index contributed by atoms with van der Waals surface area (Å²) in [5.41, 5.74) is 1.03. The van der Waals surface area contributed by atoms with Crippen LogP contribution in [-0.4, -0.2) is 33.9 Å². The Morgan fingerprint density at radius 2 is 2.08 bits per heavy atom. The molecule has 3 rings (SSSR count). The van der Waals surface area contributed by atoms with E-state index in [0.29, 0.717) is 29.5 Å². The van der Waals surface area contributed by atoms with Gasteiger partial charge < -0.3 is 10.2 Å². The molecule has 5 nitrogen and oxygen atoms in total. The van der Waals surface area contributed by atoms with E-state index in [2.05, 4.69) is 22.2 Å². The topological polar surface area (TPSA) is 58.1 Å². The number of carbonyl (C=O) groups excluding carboxylic acids is 1. The lowest BCUT2D eigenvalue weighted by molar-refractivity contribution is 0.0682. The fourth-order valence-corrected chi connectivity index (χ4v) is 2.90. The molecule has 1 N–H and O–H groups in total. The van der Waals surface area contributed by atoms with E-state index in [1.54, 1.807) is 18.2 Å². The third-order valence-electron chi connectivity index (χ3n) is 4.24. The molecule has 1 atom stereocenters. The van der Waals surface area contributed by atoms with Crippen LogP contribution in [0, 0.1) is 11.7 Å². The highest BCUT2D eigenvalue weighted by Crippen LogP contribution is 2.17. The largest absolute Gasteiger partial charge is 0.350 e. The second-order valence-electron chi connectivity index (χ2n) is 6.24. The molecule has 2 aromatic rings. The quantitative estimate of drug-likeness (QED) is 0.937. The predicted molar refractivity (Wildman–Crippen MR) is 90.1 cm³/mol. The average molecular weight is 328 g/mol. The summed E-state index contributed by atoms with van der Waals surface area (Å²) in [6, 6.07) is 6.55. The van der Waals surface area contributed by atoms with E-state index < -0.39 is 0 Å². The Labute approximate surface area is 140 Å². The Bertz CT molecular complexity index is 704. The molecule has 2 heterocycles. The lowest BCUT2D eigenvalue weighted by Crippen LogP contribution is -2.39. The van der Waals surface area contributed by atoms with Gasteiger partial charge in [0, 0.05) is 37.6 Å². The maximum atomic E-state index is 13.6. The Balaban J connectivity index is 1.61. The van der Waals surface area contributed by atoms with Gasteiger partial charge >= 0.3 is 0 Å². The standard InChI is InChI=1S/C18H21FN4O/c1-13-5-4-8-23(12-13)17(24)15-10-21-18(22-11-15)20-9-14-6-2-3-7-16(14)19/h2-3,6-7,10-11,13H,4-5,8-9,12H2,1H3,(H,20,21,22). The highest BCUT2D eigenvalue weighted by atomic mass is 19.1. The smallest absolute Gasteiger partial charge is 0.257 e. The van der Waals surface area contributed by atoms with Crippen molar-refractivity contribution in [3.8, 4) is 0 Å². The average Bonchev–Trinajstić information content (AvgIpc) is 2.61. The van der Waals surface area contributed by atoms with Crippen LogP contribution < -0.4 is 5.32 Å². The van der Waals surface area contributed by atoms with Crippen molar-refractivity contribution in [2.75, 3.05) is 18.4 Å². The molecular weight excluding hydrogens is 307 g/mol.